The number of esters is 3. The van der Waals surface area contributed by atoms with E-state index in [0.29, 0.717) is 6.42 Å². The van der Waals surface area contributed by atoms with Gasteiger partial charge in [-0.3, -0.25) is 14.4 Å². The summed E-state index contributed by atoms with van der Waals surface area (Å²) in [7, 11) is 0. The van der Waals surface area contributed by atoms with Crippen molar-refractivity contribution in [2.75, 3.05) is 13.2 Å². The number of rotatable bonds is 21. The van der Waals surface area contributed by atoms with Gasteiger partial charge in [0.1, 0.15) is 12.7 Å². The predicted octanol–water partition coefficient (Wildman–Crippen LogP) is 7.02. The molecule has 0 aromatic rings. The number of ether oxygens (including phenoxy) is 3. The molecule has 0 rings (SSSR count). The molecule has 0 heterocycles. The molecule has 0 N–H and O–H groups in total. The smallest absolute Gasteiger partial charge is 0.309 e. The molecule has 0 saturated heterocycles. The molecule has 0 spiro atoms. The van der Waals surface area contributed by atoms with Crippen LogP contribution in [0.3, 0.4) is 0 Å². The van der Waals surface area contributed by atoms with Crippen LogP contribution in [0.4, 0.5) is 0 Å². The molecule has 0 bridgehead atoms. The van der Waals surface area contributed by atoms with E-state index in [4.69, 9.17) is 14.2 Å². The summed E-state index contributed by atoms with van der Waals surface area (Å²) >= 11 is 0. The Morgan fingerprint density at radius 2 is 0.853 bits per heavy atom. The van der Waals surface area contributed by atoms with Gasteiger partial charge in [-0.25, -0.2) is 0 Å². The summed E-state index contributed by atoms with van der Waals surface area (Å²) in [5.74, 6) is -1.03. The Hall–Kier alpha value is -1.59. The molecule has 0 aliphatic rings. The Bertz CT molecular complexity index is 529. The second-order valence-corrected chi connectivity index (χ2v) is 9.47. The molecule has 0 radical (unpaired) electrons. The summed E-state index contributed by atoms with van der Waals surface area (Å²) in [4.78, 5) is 37.9. The molecular formula is C28H52O6. The fourth-order valence-corrected chi connectivity index (χ4v) is 4.37. The molecule has 34 heavy (non-hydrogen) atoms. The van der Waals surface area contributed by atoms with Crippen molar-refractivity contribution >= 4 is 17.9 Å². The molecular weight excluding hydrogens is 432 g/mol. The highest BCUT2D eigenvalue weighted by Gasteiger charge is 2.26. The number of hydrogen-bond acceptors (Lipinski definition) is 6. The second-order valence-electron chi connectivity index (χ2n) is 9.47. The molecule has 0 aliphatic heterocycles. The summed E-state index contributed by atoms with van der Waals surface area (Å²) < 4.78 is 16.9. The van der Waals surface area contributed by atoms with E-state index in [0.717, 1.165) is 77.0 Å². The summed E-state index contributed by atoms with van der Waals surface area (Å²) in [6.45, 7) is 12.5. The van der Waals surface area contributed by atoms with Crippen LogP contribution in [0.1, 0.15) is 125 Å². The maximum atomic E-state index is 12.8. The first-order valence-corrected chi connectivity index (χ1v) is 13.9. The average Bonchev–Trinajstić information content (AvgIpc) is 2.81. The molecule has 0 amide bonds. The van der Waals surface area contributed by atoms with Gasteiger partial charge in [0.2, 0.25) is 0 Å². The molecule has 0 aromatic carbocycles. The maximum Gasteiger partial charge on any atom is 0.309 e. The Morgan fingerprint density at radius 1 is 0.500 bits per heavy atom. The van der Waals surface area contributed by atoms with Crippen LogP contribution in [0.5, 0.6) is 0 Å². The molecule has 6 heteroatoms. The third-order valence-corrected chi connectivity index (χ3v) is 6.20. The Morgan fingerprint density at radius 3 is 1.24 bits per heavy atom. The Kier molecular flexibility index (Phi) is 19.8. The van der Waals surface area contributed by atoms with Crippen molar-refractivity contribution in [2.24, 2.45) is 17.8 Å². The standard InChI is InChI=1S/C28H52O6/c1-7-13-22(14-8-2)26(29)32-20-19-25(34-28(31)24(17-11-5)18-12-6)21-33-27(30)23(15-9-3)16-10-4/h22-25H,7-21H2,1-6H3. The van der Waals surface area contributed by atoms with Crippen LogP contribution in [0, 0.1) is 17.8 Å². The van der Waals surface area contributed by atoms with Gasteiger partial charge in [0.15, 0.2) is 0 Å². The maximum absolute atomic E-state index is 12.8. The molecule has 0 fully saturated rings. The van der Waals surface area contributed by atoms with E-state index in [1.54, 1.807) is 0 Å². The zero-order chi connectivity index (χ0) is 25.8. The number of carbonyl (C=O) groups excluding carboxylic acids is 3. The van der Waals surface area contributed by atoms with Gasteiger partial charge < -0.3 is 14.2 Å². The van der Waals surface area contributed by atoms with Crippen molar-refractivity contribution in [1.29, 1.82) is 0 Å². The summed E-state index contributed by atoms with van der Waals surface area (Å²) in [5.41, 5.74) is 0. The minimum Gasteiger partial charge on any atom is -0.465 e. The van der Waals surface area contributed by atoms with Gasteiger partial charge in [-0.2, -0.15) is 0 Å². The Balaban J connectivity index is 5.12. The largest absolute Gasteiger partial charge is 0.465 e. The zero-order valence-corrected chi connectivity index (χ0v) is 22.9. The van der Waals surface area contributed by atoms with Crippen LogP contribution in [0.25, 0.3) is 0 Å². The van der Waals surface area contributed by atoms with Crippen LogP contribution >= 0.6 is 0 Å². The van der Waals surface area contributed by atoms with Crippen molar-refractivity contribution in [1.82, 2.24) is 0 Å². The molecule has 0 saturated carbocycles. The lowest BCUT2D eigenvalue weighted by atomic mass is 9.98. The van der Waals surface area contributed by atoms with Gasteiger partial charge >= 0.3 is 17.9 Å². The lowest BCUT2D eigenvalue weighted by molar-refractivity contribution is -0.167. The second kappa shape index (κ2) is 20.8. The van der Waals surface area contributed by atoms with E-state index in [9.17, 15) is 14.4 Å². The van der Waals surface area contributed by atoms with Gasteiger partial charge in [0.05, 0.1) is 24.4 Å². The van der Waals surface area contributed by atoms with E-state index >= 15 is 0 Å². The molecule has 200 valence electrons. The van der Waals surface area contributed by atoms with Crippen molar-refractivity contribution in [3.63, 3.8) is 0 Å². The van der Waals surface area contributed by atoms with Gasteiger partial charge in [-0.15, -0.1) is 0 Å². The van der Waals surface area contributed by atoms with E-state index < -0.39 is 6.10 Å². The first kappa shape index (κ1) is 32.4. The summed E-state index contributed by atoms with van der Waals surface area (Å²) in [6, 6.07) is 0. The average molecular weight is 485 g/mol. The van der Waals surface area contributed by atoms with Crippen molar-refractivity contribution in [3.8, 4) is 0 Å². The molecule has 6 nitrogen and oxygen atoms in total. The lowest BCUT2D eigenvalue weighted by Gasteiger charge is -2.23. The van der Waals surface area contributed by atoms with Gasteiger partial charge in [0, 0.05) is 6.42 Å². The van der Waals surface area contributed by atoms with Crippen molar-refractivity contribution in [3.05, 3.63) is 0 Å². The first-order chi connectivity index (χ1) is 16.4. The van der Waals surface area contributed by atoms with Gasteiger partial charge in [0.25, 0.3) is 0 Å². The van der Waals surface area contributed by atoms with Crippen LogP contribution < -0.4 is 0 Å². The highest BCUT2D eigenvalue weighted by Crippen LogP contribution is 2.20. The summed E-state index contributed by atoms with van der Waals surface area (Å²) in [5, 5.41) is 0. The fourth-order valence-electron chi connectivity index (χ4n) is 4.37. The monoisotopic (exact) mass is 484 g/mol. The predicted molar refractivity (Wildman–Crippen MR) is 136 cm³/mol. The van der Waals surface area contributed by atoms with Crippen LogP contribution in [-0.4, -0.2) is 37.2 Å². The minimum atomic E-state index is -0.611. The van der Waals surface area contributed by atoms with Gasteiger partial charge in [-0.05, 0) is 38.5 Å². The number of carbonyl (C=O) groups is 3. The normalized spacial score (nSPS) is 12.3. The topological polar surface area (TPSA) is 78.9 Å². The number of hydrogen-bond donors (Lipinski definition) is 0. The van der Waals surface area contributed by atoms with Crippen molar-refractivity contribution < 1.29 is 28.6 Å². The molecule has 0 aliphatic carbocycles. The Labute approximate surface area is 208 Å². The third kappa shape index (κ3) is 14.0. The quantitative estimate of drug-likeness (QED) is 0.129. The zero-order valence-electron chi connectivity index (χ0n) is 22.9. The van der Waals surface area contributed by atoms with Crippen molar-refractivity contribution in [2.45, 2.75) is 131 Å². The molecule has 0 aromatic heterocycles. The molecule has 1 atom stereocenters. The highest BCUT2D eigenvalue weighted by molar-refractivity contribution is 5.73. The van der Waals surface area contributed by atoms with E-state index in [2.05, 4.69) is 41.5 Å². The fraction of sp³-hybridized carbons (Fsp3) is 0.893. The van der Waals surface area contributed by atoms with E-state index in [1.807, 2.05) is 0 Å². The van der Waals surface area contributed by atoms with Crippen LogP contribution in [0.2, 0.25) is 0 Å². The van der Waals surface area contributed by atoms with E-state index in [-0.39, 0.29) is 48.9 Å². The molecule has 1 unspecified atom stereocenters. The third-order valence-electron chi connectivity index (χ3n) is 6.20. The SMILES string of the molecule is CCCC(CCC)C(=O)OCCC(COC(=O)C(CCC)CCC)OC(=O)C(CCC)CCC. The van der Waals surface area contributed by atoms with E-state index in [1.165, 1.54) is 0 Å². The highest BCUT2D eigenvalue weighted by atomic mass is 16.6. The van der Waals surface area contributed by atoms with Crippen LogP contribution in [-0.2, 0) is 28.6 Å². The lowest BCUT2D eigenvalue weighted by Crippen LogP contribution is -2.32. The first-order valence-electron chi connectivity index (χ1n) is 13.9. The van der Waals surface area contributed by atoms with Gasteiger partial charge in [-0.1, -0.05) is 80.1 Å². The summed E-state index contributed by atoms with van der Waals surface area (Å²) in [6.07, 6.45) is 9.99. The van der Waals surface area contributed by atoms with Crippen LogP contribution in [0.15, 0.2) is 0 Å². The minimum absolute atomic E-state index is 0.00434.